The van der Waals surface area contributed by atoms with E-state index in [4.69, 9.17) is 5.84 Å². The van der Waals surface area contributed by atoms with Gasteiger partial charge in [0, 0.05) is 18.1 Å². The van der Waals surface area contributed by atoms with Crippen LogP contribution in [0.4, 0.5) is 11.5 Å². The minimum atomic E-state index is -0.290. The summed E-state index contributed by atoms with van der Waals surface area (Å²) in [6, 6.07) is 6.73. The van der Waals surface area contributed by atoms with Gasteiger partial charge in [0.25, 0.3) is 5.91 Å². The smallest absolute Gasteiger partial charge is 0.274 e. The highest BCUT2D eigenvalue weighted by Crippen LogP contribution is 2.13. The van der Waals surface area contributed by atoms with E-state index in [1.807, 2.05) is 6.92 Å². The van der Waals surface area contributed by atoms with Crippen molar-refractivity contribution in [3.63, 3.8) is 0 Å². The van der Waals surface area contributed by atoms with Gasteiger partial charge in [0.1, 0.15) is 11.5 Å². The summed E-state index contributed by atoms with van der Waals surface area (Å²) in [5, 5.41) is 2.77. The highest BCUT2D eigenvalue weighted by Gasteiger charge is 2.09. The molecule has 2 heterocycles. The number of hydrogen-bond donors (Lipinski definition) is 3. The maximum absolute atomic E-state index is 12.0. The van der Waals surface area contributed by atoms with Crippen molar-refractivity contribution in [2.24, 2.45) is 5.84 Å². The fourth-order valence-electron chi connectivity index (χ4n) is 1.44. The lowest BCUT2D eigenvalue weighted by atomic mass is 10.2. The van der Waals surface area contributed by atoms with Gasteiger partial charge in [0.05, 0.1) is 0 Å². The molecular weight excluding hydrogens is 230 g/mol. The molecule has 0 fully saturated rings. The lowest BCUT2D eigenvalue weighted by Crippen LogP contribution is -2.16. The average Bonchev–Trinajstić information content (AvgIpc) is 2.41. The second kappa shape index (κ2) is 5.24. The summed E-state index contributed by atoms with van der Waals surface area (Å²) in [5.41, 5.74) is 4.29. The Hall–Kier alpha value is -2.47. The second-order valence-electron chi connectivity index (χ2n) is 3.70. The van der Waals surface area contributed by atoms with Crippen LogP contribution in [-0.4, -0.2) is 15.9 Å². The van der Waals surface area contributed by atoms with E-state index in [-0.39, 0.29) is 5.91 Å². The Bertz CT molecular complexity index is 570. The summed E-state index contributed by atoms with van der Waals surface area (Å²) in [6.07, 6.45) is 3.30. The van der Waals surface area contributed by atoms with Gasteiger partial charge in [-0.15, -0.1) is 0 Å². The molecule has 0 radical (unpaired) electrons. The number of pyridine rings is 2. The van der Waals surface area contributed by atoms with Crippen molar-refractivity contribution >= 4 is 17.4 Å². The summed E-state index contributed by atoms with van der Waals surface area (Å²) < 4.78 is 0. The van der Waals surface area contributed by atoms with E-state index in [1.54, 1.807) is 36.7 Å². The molecule has 2 aromatic heterocycles. The maximum Gasteiger partial charge on any atom is 0.274 e. The molecule has 2 aromatic rings. The normalized spacial score (nSPS) is 9.89. The number of nitrogen functional groups attached to an aromatic ring is 1. The van der Waals surface area contributed by atoms with E-state index < -0.39 is 0 Å². The molecule has 0 aromatic carbocycles. The van der Waals surface area contributed by atoms with Gasteiger partial charge >= 0.3 is 0 Å². The highest BCUT2D eigenvalue weighted by atomic mass is 16.1. The van der Waals surface area contributed by atoms with Gasteiger partial charge in [-0.2, -0.15) is 0 Å². The van der Waals surface area contributed by atoms with Crippen molar-refractivity contribution in [1.82, 2.24) is 9.97 Å². The number of hydrogen-bond acceptors (Lipinski definition) is 5. The maximum atomic E-state index is 12.0. The molecule has 0 spiro atoms. The zero-order valence-electron chi connectivity index (χ0n) is 9.84. The quantitative estimate of drug-likeness (QED) is 0.558. The Labute approximate surface area is 104 Å². The van der Waals surface area contributed by atoms with E-state index in [9.17, 15) is 4.79 Å². The Morgan fingerprint density at radius 2 is 2.17 bits per heavy atom. The van der Waals surface area contributed by atoms with E-state index in [0.717, 1.165) is 5.56 Å². The standard InChI is InChI=1S/C12H13N5O/c1-8-7-14-6-5-9(8)16-12(18)10-3-2-4-11(15-10)17-13/h2-7H,13H2,1H3,(H,15,17)(H,14,16,18). The van der Waals surface area contributed by atoms with Crippen LogP contribution in [0.5, 0.6) is 0 Å². The van der Waals surface area contributed by atoms with Crippen molar-refractivity contribution < 1.29 is 4.79 Å². The van der Waals surface area contributed by atoms with Crippen LogP contribution in [0.3, 0.4) is 0 Å². The Morgan fingerprint density at radius 3 is 2.89 bits per heavy atom. The summed E-state index contributed by atoms with van der Waals surface area (Å²) >= 11 is 0. The number of nitrogens with one attached hydrogen (secondary N) is 2. The van der Waals surface area contributed by atoms with Crippen LogP contribution in [0.2, 0.25) is 0 Å². The number of aromatic nitrogens is 2. The number of carbonyl (C=O) groups is 1. The molecule has 0 unspecified atom stereocenters. The molecule has 1 amide bonds. The molecule has 6 heteroatoms. The molecule has 0 saturated heterocycles. The van der Waals surface area contributed by atoms with Gasteiger partial charge in [-0.3, -0.25) is 9.78 Å². The zero-order valence-corrected chi connectivity index (χ0v) is 9.84. The molecule has 0 aliphatic rings. The van der Waals surface area contributed by atoms with Crippen LogP contribution in [0.1, 0.15) is 16.1 Å². The molecular formula is C12H13N5O. The van der Waals surface area contributed by atoms with Gasteiger partial charge < -0.3 is 10.7 Å². The van der Waals surface area contributed by atoms with Gasteiger partial charge in [-0.05, 0) is 30.7 Å². The average molecular weight is 243 g/mol. The van der Waals surface area contributed by atoms with Crippen LogP contribution in [0.15, 0.2) is 36.7 Å². The van der Waals surface area contributed by atoms with Crippen molar-refractivity contribution in [3.8, 4) is 0 Å². The SMILES string of the molecule is Cc1cnccc1NC(=O)c1cccc(NN)n1. The van der Waals surface area contributed by atoms with Gasteiger partial charge in [0.15, 0.2) is 0 Å². The third-order valence-corrected chi connectivity index (χ3v) is 2.40. The van der Waals surface area contributed by atoms with E-state index >= 15 is 0 Å². The first kappa shape index (κ1) is 12.0. The van der Waals surface area contributed by atoms with Crippen LogP contribution in [0.25, 0.3) is 0 Å². The number of nitrogens with zero attached hydrogens (tertiary/aromatic N) is 2. The molecule has 4 N–H and O–H groups in total. The minimum absolute atomic E-state index is 0.290. The molecule has 0 aliphatic carbocycles. The van der Waals surface area contributed by atoms with Crippen LogP contribution in [0, 0.1) is 6.92 Å². The molecule has 18 heavy (non-hydrogen) atoms. The van der Waals surface area contributed by atoms with E-state index in [2.05, 4.69) is 20.7 Å². The highest BCUT2D eigenvalue weighted by molar-refractivity contribution is 6.03. The molecule has 0 bridgehead atoms. The summed E-state index contributed by atoms with van der Waals surface area (Å²) in [6.45, 7) is 1.87. The zero-order chi connectivity index (χ0) is 13.0. The first-order chi connectivity index (χ1) is 8.70. The van der Waals surface area contributed by atoms with Crippen LogP contribution >= 0.6 is 0 Å². The lowest BCUT2D eigenvalue weighted by Gasteiger charge is -2.07. The largest absolute Gasteiger partial charge is 0.320 e. The third kappa shape index (κ3) is 2.61. The summed E-state index contributed by atoms with van der Waals surface area (Å²) in [7, 11) is 0. The van der Waals surface area contributed by atoms with Crippen molar-refractivity contribution in [3.05, 3.63) is 47.9 Å². The second-order valence-corrected chi connectivity index (χ2v) is 3.70. The number of aryl methyl sites for hydroxylation is 1. The number of anilines is 2. The number of nitrogens with two attached hydrogens (primary N) is 1. The predicted octanol–water partition coefficient (Wildman–Crippen LogP) is 1.32. The first-order valence-electron chi connectivity index (χ1n) is 5.36. The molecule has 0 aliphatic heterocycles. The minimum Gasteiger partial charge on any atom is -0.320 e. The monoisotopic (exact) mass is 243 g/mol. The fraction of sp³-hybridized carbons (Fsp3) is 0.0833. The van der Waals surface area contributed by atoms with Crippen molar-refractivity contribution in [2.45, 2.75) is 6.92 Å². The summed E-state index contributed by atoms with van der Waals surface area (Å²) in [5.74, 6) is 5.39. The number of carbonyl (C=O) groups excluding carboxylic acids is 1. The van der Waals surface area contributed by atoms with Crippen LogP contribution < -0.4 is 16.6 Å². The van der Waals surface area contributed by atoms with E-state index in [0.29, 0.717) is 17.2 Å². The molecule has 2 rings (SSSR count). The van der Waals surface area contributed by atoms with Gasteiger partial charge in [-0.25, -0.2) is 10.8 Å². The van der Waals surface area contributed by atoms with Crippen molar-refractivity contribution in [2.75, 3.05) is 10.7 Å². The number of hydrazine groups is 1. The fourth-order valence-corrected chi connectivity index (χ4v) is 1.44. The van der Waals surface area contributed by atoms with Crippen LogP contribution in [-0.2, 0) is 0 Å². The number of rotatable bonds is 3. The lowest BCUT2D eigenvalue weighted by molar-refractivity contribution is 0.102. The topological polar surface area (TPSA) is 92.9 Å². The number of amides is 1. The Kier molecular flexibility index (Phi) is 3.49. The van der Waals surface area contributed by atoms with Gasteiger partial charge in [0.2, 0.25) is 0 Å². The van der Waals surface area contributed by atoms with Crippen molar-refractivity contribution in [1.29, 1.82) is 0 Å². The van der Waals surface area contributed by atoms with E-state index in [1.165, 1.54) is 0 Å². The molecule has 0 atom stereocenters. The first-order valence-corrected chi connectivity index (χ1v) is 5.36. The Morgan fingerprint density at radius 1 is 1.33 bits per heavy atom. The molecule has 6 nitrogen and oxygen atoms in total. The molecule has 92 valence electrons. The predicted molar refractivity (Wildman–Crippen MR) is 69.0 cm³/mol. The Balaban J connectivity index is 2.19. The third-order valence-electron chi connectivity index (χ3n) is 2.40. The molecule has 0 saturated carbocycles. The van der Waals surface area contributed by atoms with Gasteiger partial charge in [-0.1, -0.05) is 6.07 Å². The summed E-state index contributed by atoms with van der Waals surface area (Å²) in [4.78, 5) is 20.0.